The summed E-state index contributed by atoms with van der Waals surface area (Å²) < 4.78 is 27.4. The van der Waals surface area contributed by atoms with Crippen LogP contribution < -0.4 is 11.1 Å². The highest BCUT2D eigenvalue weighted by Gasteiger charge is 2.17. The fourth-order valence-corrected chi connectivity index (χ4v) is 1.85. The summed E-state index contributed by atoms with van der Waals surface area (Å²) in [6, 6.07) is 7.24. The standard InChI is InChI=1S/C15H14F2N2O/c1-8-6-7-11(16)14(13(8)17)19-15(20)10-4-3-5-12(18)9(10)2/h3-7H,18H2,1-2H3,(H,19,20). The molecule has 0 aliphatic carbocycles. The van der Waals surface area contributed by atoms with Gasteiger partial charge in [0.2, 0.25) is 0 Å². The molecule has 0 spiro atoms. The first-order valence-corrected chi connectivity index (χ1v) is 6.03. The average molecular weight is 276 g/mol. The van der Waals surface area contributed by atoms with Gasteiger partial charge < -0.3 is 11.1 Å². The first-order chi connectivity index (χ1) is 9.41. The quantitative estimate of drug-likeness (QED) is 0.826. The van der Waals surface area contributed by atoms with Crippen molar-refractivity contribution in [1.29, 1.82) is 0 Å². The van der Waals surface area contributed by atoms with E-state index in [4.69, 9.17) is 5.73 Å². The average Bonchev–Trinajstić information content (AvgIpc) is 2.42. The van der Waals surface area contributed by atoms with Crippen molar-refractivity contribution in [2.75, 3.05) is 11.1 Å². The largest absolute Gasteiger partial charge is 0.398 e. The summed E-state index contributed by atoms with van der Waals surface area (Å²) in [5.41, 5.74) is 6.81. The Kier molecular flexibility index (Phi) is 3.70. The Bertz CT molecular complexity index is 684. The number of anilines is 2. The lowest BCUT2D eigenvalue weighted by Crippen LogP contribution is -2.16. The van der Waals surface area contributed by atoms with E-state index in [2.05, 4.69) is 5.32 Å². The molecule has 2 aromatic carbocycles. The zero-order chi connectivity index (χ0) is 14.9. The van der Waals surface area contributed by atoms with Gasteiger partial charge in [0.05, 0.1) is 0 Å². The van der Waals surface area contributed by atoms with Crippen molar-refractivity contribution < 1.29 is 13.6 Å². The highest BCUT2D eigenvalue weighted by molar-refractivity contribution is 6.06. The lowest BCUT2D eigenvalue weighted by atomic mass is 10.1. The number of nitrogen functional groups attached to an aromatic ring is 1. The Morgan fingerprint density at radius 1 is 1.15 bits per heavy atom. The van der Waals surface area contributed by atoms with Crippen molar-refractivity contribution in [1.82, 2.24) is 0 Å². The maximum absolute atomic E-state index is 13.8. The van der Waals surface area contributed by atoms with Crippen LogP contribution in [0.15, 0.2) is 30.3 Å². The molecule has 1 amide bonds. The number of aryl methyl sites for hydroxylation is 1. The van der Waals surface area contributed by atoms with Crippen LogP contribution in [0.3, 0.4) is 0 Å². The fourth-order valence-electron chi connectivity index (χ4n) is 1.85. The van der Waals surface area contributed by atoms with Crippen molar-refractivity contribution in [2.45, 2.75) is 13.8 Å². The summed E-state index contributed by atoms with van der Waals surface area (Å²) in [4.78, 5) is 12.1. The molecule has 0 aliphatic heterocycles. The van der Waals surface area contributed by atoms with Gasteiger partial charge in [0.25, 0.3) is 5.91 Å². The number of carbonyl (C=O) groups excluding carboxylic acids is 1. The SMILES string of the molecule is Cc1ccc(F)c(NC(=O)c2cccc(N)c2C)c1F. The van der Waals surface area contributed by atoms with Gasteiger partial charge >= 0.3 is 0 Å². The second-order valence-corrected chi connectivity index (χ2v) is 4.53. The Labute approximate surface area is 115 Å². The number of hydrogen-bond acceptors (Lipinski definition) is 2. The molecule has 20 heavy (non-hydrogen) atoms. The van der Waals surface area contributed by atoms with Crippen molar-refractivity contribution >= 4 is 17.3 Å². The van der Waals surface area contributed by atoms with Gasteiger partial charge in [0.15, 0.2) is 5.82 Å². The first-order valence-electron chi connectivity index (χ1n) is 6.03. The van der Waals surface area contributed by atoms with E-state index < -0.39 is 23.2 Å². The fraction of sp³-hybridized carbons (Fsp3) is 0.133. The second-order valence-electron chi connectivity index (χ2n) is 4.53. The summed E-state index contributed by atoms with van der Waals surface area (Å²) in [5.74, 6) is -2.19. The van der Waals surface area contributed by atoms with Crippen molar-refractivity contribution in [3.05, 3.63) is 58.7 Å². The molecular weight excluding hydrogens is 262 g/mol. The van der Waals surface area contributed by atoms with Gasteiger partial charge in [-0.2, -0.15) is 0 Å². The van der Waals surface area contributed by atoms with E-state index >= 15 is 0 Å². The molecule has 0 radical (unpaired) electrons. The lowest BCUT2D eigenvalue weighted by Gasteiger charge is -2.11. The second kappa shape index (κ2) is 5.28. The van der Waals surface area contributed by atoms with Crippen LogP contribution in [0.2, 0.25) is 0 Å². The summed E-state index contributed by atoms with van der Waals surface area (Å²) in [5, 5.41) is 2.26. The predicted octanol–water partition coefficient (Wildman–Crippen LogP) is 3.42. The van der Waals surface area contributed by atoms with Gasteiger partial charge in [-0.05, 0) is 43.2 Å². The molecule has 2 aromatic rings. The van der Waals surface area contributed by atoms with Gasteiger partial charge in [-0.25, -0.2) is 8.78 Å². The predicted molar refractivity (Wildman–Crippen MR) is 74.6 cm³/mol. The first kappa shape index (κ1) is 14.0. The number of halogens is 2. The Morgan fingerprint density at radius 2 is 1.85 bits per heavy atom. The summed E-state index contributed by atoms with van der Waals surface area (Å²) in [7, 11) is 0. The molecule has 0 saturated carbocycles. The van der Waals surface area contributed by atoms with E-state index in [1.54, 1.807) is 25.1 Å². The van der Waals surface area contributed by atoms with Crippen molar-refractivity contribution in [3.8, 4) is 0 Å². The van der Waals surface area contributed by atoms with Gasteiger partial charge in [-0.15, -0.1) is 0 Å². The van der Waals surface area contributed by atoms with Crippen LogP contribution in [-0.4, -0.2) is 5.91 Å². The van der Waals surface area contributed by atoms with Crippen LogP contribution in [0.25, 0.3) is 0 Å². The number of rotatable bonds is 2. The van der Waals surface area contributed by atoms with Gasteiger partial charge in [0.1, 0.15) is 11.5 Å². The molecule has 0 bridgehead atoms. The molecule has 0 atom stereocenters. The monoisotopic (exact) mass is 276 g/mol. The number of nitrogens with one attached hydrogen (secondary N) is 1. The minimum absolute atomic E-state index is 0.256. The van der Waals surface area contributed by atoms with Crippen LogP contribution in [0.4, 0.5) is 20.2 Å². The minimum Gasteiger partial charge on any atom is -0.398 e. The number of amides is 1. The number of nitrogens with two attached hydrogens (primary N) is 1. The Balaban J connectivity index is 2.38. The Morgan fingerprint density at radius 3 is 2.55 bits per heavy atom. The third-order valence-electron chi connectivity index (χ3n) is 3.14. The smallest absolute Gasteiger partial charge is 0.256 e. The van der Waals surface area contributed by atoms with E-state index in [0.29, 0.717) is 11.3 Å². The normalized spacial score (nSPS) is 10.4. The van der Waals surface area contributed by atoms with Crippen LogP contribution in [0, 0.1) is 25.5 Å². The molecule has 104 valence electrons. The van der Waals surface area contributed by atoms with E-state index in [1.807, 2.05) is 0 Å². The van der Waals surface area contributed by atoms with Crippen LogP contribution in [0.5, 0.6) is 0 Å². The van der Waals surface area contributed by atoms with Crippen LogP contribution in [-0.2, 0) is 0 Å². The molecule has 0 heterocycles. The molecule has 0 saturated heterocycles. The van der Waals surface area contributed by atoms with Crippen LogP contribution >= 0.6 is 0 Å². The molecule has 0 aliphatic rings. The highest BCUT2D eigenvalue weighted by Crippen LogP contribution is 2.23. The highest BCUT2D eigenvalue weighted by atomic mass is 19.1. The number of benzene rings is 2. The van der Waals surface area contributed by atoms with Crippen molar-refractivity contribution in [3.63, 3.8) is 0 Å². The minimum atomic E-state index is -0.817. The summed E-state index contributed by atoms with van der Waals surface area (Å²) >= 11 is 0. The van der Waals surface area contributed by atoms with Crippen LogP contribution in [0.1, 0.15) is 21.5 Å². The van der Waals surface area contributed by atoms with Gasteiger partial charge in [0, 0.05) is 11.3 Å². The maximum Gasteiger partial charge on any atom is 0.256 e. The molecule has 0 aromatic heterocycles. The summed E-state index contributed by atoms with van der Waals surface area (Å²) in [6.07, 6.45) is 0. The molecule has 2 rings (SSSR count). The Hall–Kier alpha value is -2.43. The molecular formula is C15H14F2N2O. The molecule has 5 heteroatoms. The van der Waals surface area contributed by atoms with E-state index in [9.17, 15) is 13.6 Å². The third-order valence-corrected chi connectivity index (χ3v) is 3.14. The number of hydrogen-bond donors (Lipinski definition) is 2. The van der Waals surface area contributed by atoms with Gasteiger partial charge in [-0.3, -0.25) is 4.79 Å². The van der Waals surface area contributed by atoms with E-state index in [-0.39, 0.29) is 11.1 Å². The summed E-state index contributed by atoms with van der Waals surface area (Å²) in [6.45, 7) is 3.17. The molecule has 0 fully saturated rings. The van der Waals surface area contributed by atoms with E-state index in [0.717, 1.165) is 6.07 Å². The topological polar surface area (TPSA) is 55.1 Å². The van der Waals surface area contributed by atoms with E-state index in [1.165, 1.54) is 13.0 Å². The van der Waals surface area contributed by atoms with Crippen molar-refractivity contribution in [2.24, 2.45) is 0 Å². The zero-order valence-corrected chi connectivity index (χ0v) is 11.1. The molecule has 0 unspecified atom stereocenters. The molecule has 3 nitrogen and oxygen atoms in total. The maximum atomic E-state index is 13.8. The molecule has 3 N–H and O–H groups in total. The third kappa shape index (κ3) is 2.47. The number of carbonyl (C=O) groups is 1. The zero-order valence-electron chi connectivity index (χ0n) is 11.1. The lowest BCUT2D eigenvalue weighted by molar-refractivity contribution is 0.102. The van der Waals surface area contributed by atoms with Gasteiger partial charge in [-0.1, -0.05) is 12.1 Å².